The number of hydrogen-bond acceptors (Lipinski definition) is 3. The van der Waals surface area contributed by atoms with E-state index in [0.29, 0.717) is 32.8 Å². The molecule has 1 N–H and O–H groups in total. The molecular formula is C27H32O3. The molecule has 0 heterocycles. The lowest BCUT2D eigenvalue weighted by molar-refractivity contribution is -0.138. The molecule has 158 valence electrons. The van der Waals surface area contributed by atoms with E-state index in [2.05, 4.69) is 49.9 Å². The van der Waals surface area contributed by atoms with Crippen LogP contribution in [0.2, 0.25) is 0 Å². The summed E-state index contributed by atoms with van der Waals surface area (Å²) in [7, 11) is 0. The predicted molar refractivity (Wildman–Crippen MR) is 120 cm³/mol. The van der Waals surface area contributed by atoms with E-state index in [0.717, 1.165) is 5.56 Å². The average molecular weight is 405 g/mol. The average Bonchev–Trinajstić information content (AvgIpc) is 2.76. The van der Waals surface area contributed by atoms with Gasteiger partial charge in [-0.2, -0.15) is 0 Å². The van der Waals surface area contributed by atoms with Crippen molar-refractivity contribution < 1.29 is 14.6 Å². The van der Waals surface area contributed by atoms with Crippen LogP contribution in [0, 0.1) is 23.2 Å². The Bertz CT molecular complexity index is 862. The van der Waals surface area contributed by atoms with E-state index in [1.165, 1.54) is 5.56 Å². The summed E-state index contributed by atoms with van der Waals surface area (Å²) in [5.74, 6) is 0.460. The van der Waals surface area contributed by atoms with Gasteiger partial charge in [0.2, 0.25) is 0 Å². The summed E-state index contributed by atoms with van der Waals surface area (Å²) in [4.78, 5) is 0. The Morgan fingerprint density at radius 3 is 2.10 bits per heavy atom. The standard InChI is InChI=1S/C27H32O3/c1-3-27(28)20-26(2)15-14-24(27)23(18-29-16-21-10-6-4-7-11-21)25(26)19-30-17-22-12-8-5-9-13-22/h3-15,23-25,28H,1,16-20H2,2H3/t23-,24+,25-,26+,27+/m1/s1. The van der Waals surface area contributed by atoms with Crippen LogP contribution in [0.25, 0.3) is 0 Å². The van der Waals surface area contributed by atoms with Crippen LogP contribution in [-0.4, -0.2) is 23.9 Å². The minimum atomic E-state index is -0.889. The molecule has 2 aromatic rings. The zero-order valence-corrected chi connectivity index (χ0v) is 17.7. The summed E-state index contributed by atoms with van der Waals surface area (Å²) < 4.78 is 12.3. The molecule has 0 unspecified atom stereocenters. The number of hydrogen-bond donors (Lipinski definition) is 1. The summed E-state index contributed by atoms with van der Waals surface area (Å²) in [5.41, 5.74) is 1.31. The van der Waals surface area contributed by atoms with E-state index in [1.807, 2.05) is 36.4 Å². The third-order valence-electron chi connectivity index (χ3n) is 6.94. The van der Waals surface area contributed by atoms with Gasteiger partial charge < -0.3 is 14.6 Å². The molecule has 0 aliphatic heterocycles. The van der Waals surface area contributed by atoms with Gasteiger partial charge in [-0.3, -0.25) is 0 Å². The lowest BCUT2D eigenvalue weighted by Crippen LogP contribution is -2.59. The first-order chi connectivity index (χ1) is 14.5. The number of aliphatic hydroxyl groups is 1. The maximum Gasteiger partial charge on any atom is 0.0899 e. The monoisotopic (exact) mass is 404 g/mol. The van der Waals surface area contributed by atoms with Gasteiger partial charge in [0.1, 0.15) is 0 Å². The Hall–Kier alpha value is -2.20. The van der Waals surface area contributed by atoms with Gasteiger partial charge in [0, 0.05) is 5.92 Å². The van der Waals surface area contributed by atoms with Crippen molar-refractivity contribution in [2.45, 2.75) is 32.2 Å². The third-order valence-corrected chi connectivity index (χ3v) is 6.94. The Morgan fingerprint density at radius 2 is 1.53 bits per heavy atom. The SMILES string of the molecule is C=C[C@]1(O)C[C@]2(C)C=C[C@H]1[C@@H](COCc1ccccc1)[C@H]2COCc1ccccc1. The molecule has 2 aromatic carbocycles. The van der Waals surface area contributed by atoms with Crippen molar-refractivity contribution >= 4 is 0 Å². The van der Waals surface area contributed by atoms with Crippen molar-refractivity contribution in [1.82, 2.24) is 0 Å². The Kier molecular flexibility index (Phi) is 6.24. The van der Waals surface area contributed by atoms with Crippen molar-refractivity contribution in [2.75, 3.05) is 13.2 Å². The molecule has 0 saturated heterocycles. The second-order valence-corrected chi connectivity index (χ2v) is 9.03. The summed E-state index contributed by atoms with van der Waals surface area (Å²) in [6.07, 6.45) is 6.86. The minimum absolute atomic E-state index is 0.00192. The zero-order valence-electron chi connectivity index (χ0n) is 17.7. The topological polar surface area (TPSA) is 38.7 Å². The molecule has 3 aliphatic carbocycles. The minimum Gasteiger partial charge on any atom is -0.385 e. The fourth-order valence-electron chi connectivity index (χ4n) is 5.29. The molecular weight excluding hydrogens is 372 g/mol. The highest BCUT2D eigenvalue weighted by atomic mass is 16.5. The first-order valence-electron chi connectivity index (χ1n) is 10.8. The zero-order chi connectivity index (χ0) is 21.0. The molecule has 0 aromatic heterocycles. The number of fused-ring (bicyclic) bond motifs is 2. The molecule has 3 heteroatoms. The van der Waals surface area contributed by atoms with Crippen molar-refractivity contribution in [3.8, 4) is 0 Å². The largest absolute Gasteiger partial charge is 0.385 e. The highest BCUT2D eigenvalue weighted by Gasteiger charge is 2.57. The maximum atomic E-state index is 11.3. The van der Waals surface area contributed by atoms with Crippen molar-refractivity contribution in [2.24, 2.45) is 23.2 Å². The van der Waals surface area contributed by atoms with Gasteiger partial charge in [0.25, 0.3) is 0 Å². The highest BCUT2D eigenvalue weighted by Crippen LogP contribution is 2.57. The fourth-order valence-corrected chi connectivity index (χ4v) is 5.29. The van der Waals surface area contributed by atoms with Gasteiger partial charge in [-0.25, -0.2) is 0 Å². The third kappa shape index (κ3) is 4.29. The maximum absolute atomic E-state index is 11.3. The summed E-state index contributed by atoms with van der Waals surface area (Å²) in [6.45, 7) is 8.59. The summed E-state index contributed by atoms with van der Waals surface area (Å²) in [6, 6.07) is 20.5. The summed E-state index contributed by atoms with van der Waals surface area (Å²) >= 11 is 0. The van der Waals surface area contributed by atoms with E-state index in [4.69, 9.17) is 9.47 Å². The molecule has 2 bridgehead atoms. The van der Waals surface area contributed by atoms with Crippen LogP contribution in [0.5, 0.6) is 0 Å². The Morgan fingerprint density at radius 1 is 0.967 bits per heavy atom. The van der Waals surface area contributed by atoms with Gasteiger partial charge in [0.05, 0.1) is 32.0 Å². The van der Waals surface area contributed by atoms with Gasteiger partial charge in [-0.15, -0.1) is 6.58 Å². The predicted octanol–water partition coefficient (Wildman–Crippen LogP) is 5.17. The van der Waals surface area contributed by atoms with Gasteiger partial charge in [-0.05, 0) is 34.8 Å². The van der Waals surface area contributed by atoms with Crippen molar-refractivity contribution in [3.63, 3.8) is 0 Å². The Labute approximate surface area is 180 Å². The van der Waals surface area contributed by atoms with E-state index < -0.39 is 5.60 Å². The van der Waals surface area contributed by atoms with Crippen molar-refractivity contribution in [3.05, 3.63) is 96.6 Å². The number of allylic oxidation sites excluding steroid dienone is 1. The van der Waals surface area contributed by atoms with E-state index in [1.54, 1.807) is 6.08 Å². The van der Waals surface area contributed by atoms with Crippen LogP contribution >= 0.6 is 0 Å². The molecule has 1 fully saturated rings. The van der Waals surface area contributed by atoms with Crippen LogP contribution in [0.15, 0.2) is 85.5 Å². The quantitative estimate of drug-likeness (QED) is 0.586. The molecule has 30 heavy (non-hydrogen) atoms. The van der Waals surface area contributed by atoms with E-state index >= 15 is 0 Å². The molecule has 3 aliphatic rings. The molecule has 1 saturated carbocycles. The Balaban J connectivity index is 1.47. The van der Waals surface area contributed by atoms with Crippen LogP contribution in [0.1, 0.15) is 24.5 Å². The number of rotatable bonds is 9. The van der Waals surface area contributed by atoms with Crippen LogP contribution in [0.3, 0.4) is 0 Å². The lowest BCUT2D eigenvalue weighted by atomic mass is 9.50. The molecule has 5 rings (SSSR count). The molecule has 3 nitrogen and oxygen atoms in total. The van der Waals surface area contributed by atoms with Crippen LogP contribution < -0.4 is 0 Å². The summed E-state index contributed by atoms with van der Waals surface area (Å²) in [5, 5.41) is 11.3. The second kappa shape index (κ2) is 8.89. The highest BCUT2D eigenvalue weighted by molar-refractivity contribution is 5.26. The van der Waals surface area contributed by atoms with Gasteiger partial charge in [-0.1, -0.05) is 85.8 Å². The lowest BCUT2D eigenvalue weighted by Gasteiger charge is -2.57. The van der Waals surface area contributed by atoms with E-state index in [9.17, 15) is 5.11 Å². The molecule has 0 radical (unpaired) electrons. The molecule has 0 amide bonds. The van der Waals surface area contributed by atoms with Crippen molar-refractivity contribution in [1.29, 1.82) is 0 Å². The van der Waals surface area contributed by atoms with E-state index in [-0.39, 0.29) is 23.2 Å². The van der Waals surface area contributed by atoms with Crippen LogP contribution in [-0.2, 0) is 22.7 Å². The van der Waals surface area contributed by atoms with Crippen LogP contribution in [0.4, 0.5) is 0 Å². The number of benzene rings is 2. The fraction of sp³-hybridized carbons (Fsp3) is 0.407. The van der Waals surface area contributed by atoms with Gasteiger partial charge >= 0.3 is 0 Å². The smallest absolute Gasteiger partial charge is 0.0899 e. The normalized spacial score (nSPS) is 32.3. The second-order valence-electron chi connectivity index (χ2n) is 9.03. The molecule has 0 spiro atoms. The number of ether oxygens (including phenoxy) is 2. The van der Waals surface area contributed by atoms with Gasteiger partial charge in [0.15, 0.2) is 0 Å². The first-order valence-corrected chi connectivity index (χ1v) is 10.8. The first kappa shape index (κ1) is 21.0. The molecule has 5 atom stereocenters.